The molecular formula is C42H62BN3O9. The molecule has 1 aromatic carbocycles. The minimum absolute atomic E-state index is 0.0317. The van der Waals surface area contributed by atoms with Gasteiger partial charge in [0.15, 0.2) is 5.78 Å². The Balaban J connectivity index is 1.33. The van der Waals surface area contributed by atoms with Crippen LogP contribution >= 0.6 is 0 Å². The second-order valence-corrected chi connectivity index (χ2v) is 18.2. The average molecular weight is 764 g/mol. The second kappa shape index (κ2) is 15.8. The number of carbonyl (C=O) groups excluding carboxylic acids is 4. The van der Waals surface area contributed by atoms with Gasteiger partial charge >= 0.3 is 11.9 Å². The summed E-state index contributed by atoms with van der Waals surface area (Å²) in [4.78, 5) is 58.9. The van der Waals surface area contributed by atoms with Crippen LogP contribution in [0.1, 0.15) is 91.7 Å². The number of rotatable bonds is 12. The molecule has 2 bridgehead atoms. The van der Waals surface area contributed by atoms with E-state index in [0.29, 0.717) is 36.7 Å². The van der Waals surface area contributed by atoms with Gasteiger partial charge in [-0.1, -0.05) is 58.0 Å². The van der Waals surface area contributed by atoms with Crippen LogP contribution in [0.2, 0.25) is 0 Å². The summed E-state index contributed by atoms with van der Waals surface area (Å²) >= 11 is 0. The zero-order valence-electron chi connectivity index (χ0n) is 33.8. The molecule has 12 nitrogen and oxygen atoms in total. The Hall–Kier alpha value is -2.94. The first kappa shape index (κ1) is 41.7. The lowest BCUT2D eigenvalue weighted by Gasteiger charge is -2.69. The van der Waals surface area contributed by atoms with Crippen molar-refractivity contribution >= 4 is 31.3 Å². The van der Waals surface area contributed by atoms with Crippen LogP contribution in [0.4, 0.5) is 0 Å². The number of ketones is 1. The average Bonchev–Trinajstić information content (AvgIpc) is 3.14. The number of likely N-dealkylation sites (N-methyl/N-ethyl adjacent to an activating group) is 1. The van der Waals surface area contributed by atoms with Crippen LogP contribution in [0.15, 0.2) is 41.5 Å². The smallest absolute Gasteiger partial charge is 0.350 e. The lowest BCUT2D eigenvalue weighted by atomic mass is 9.36. The summed E-state index contributed by atoms with van der Waals surface area (Å²) in [7, 11) is 1.96. The summed E-state index contributed by atoms with van der Waals surface area (Å²) in [5.74, 6) is -2.76. The number of ether oxygens (including phenoxy) is 2. The summed E-state index contributed by atoms with van der Waals surface area (Å²) in [5, 5.41) is 39.9. The quantitative estimate of drug-likeness (QED) is 0.107. The zero-order chi connectivity index (χ0) is 40.1. The maximum Gasteiger partial charge on any atom is 0.350 e. The third-order valence-corrected chi connectivity index (χ3v) is 15.1. The van der Waals surface area contributed by atoms with E-state index in [0.717, 1.165) is 39.0 Å². The van der Waals surface area contributed by atoms with Gasteiger partial charge in [-0.25, -0.2) is 4.79 Å². The van der Waals surface area contributed by atoms with Gasteiger partial charge in [-0.15, -0.1) is 0 Å². The van der Waals surface area contributed by atoms with E-state index in [1.165, 1.54) is 0 Å². The number of benzene rings is 1. The van der Waals surface area contributed by atoms with Gasteiger partial charge in [0.25, 0.3) is 7.41 Å². The molecule has 13 heteroatoms. The molecule has 4 N–H and O–H groups in total. The molecule has 4 fully saturated rings. The van der Waals surface area contributed by atoms with Crippen LogP contribution in [-0.4, -0.2) is 126 Å². The number of hydrogen-bond acceptors (Lipinski definition) is 12. The van der Waals surface area contributed by atoms with Gasteiger partial charge in [-0.05, 0) is 93.0 Å². The number of piperazine rings is 1. The Morgan fingerprint density at radius 1 is 1.09 bits per heavy atom. The van der Waals surface area contributed by atoms with Gasteiger partial charge in [-0.2, -0.15) is 0 Å². The molecule has 0 amide bonds. The molecule has 55 heavy (non-hydrogen) atoms. The highest BCUT2D eigenvalue weighted by Gasteiger charge is 2.72. The number of aliphatic hydroxyl groups excluding tert-OH is 2. The van der Waals surface area contributed by atoms with Crippen LogP contribution in [0.5, 0.6) is 0 Å². The Morgan fingerprint density at radius 2 is 1.76 bits per heavy atom. The Kier molecular flexibility index (Phi) is 12.0. The van der Waals surface area contributed by atoms with Gasteiger partial charge in [-0.3, -0.25) is 9.59 Å². The number of aliphatic hydroxyl groups is 3. The predicted octanol–water partition coefficient (Wildman–Crippen LogP) is 2.57. The highest BCUT2D eigenvalue weighted by Crippen LogP contribution is 2.70. The van der Waals surface area contributed by atoms with Crippen molar-refractivity contribution in [3.05, 3.63) is 47.0 Å². The topological polar surface area (TPSA) is 166 Å². The van der Waals surface area contributed by atoms with E-state index < -0.39 is 76.4 Å². The molecule has 4 aliphatic carbocycles. The molecule has 0 spiro atoms. The molecule has 6 rings (SSSR count). The monoisotopic (exact) mass is 763 g/mol. The van der Waals surface area contributed by atoms with Gasteiger partial charge in [0.1, 0.15) is 12.2 Å². The van der Waals surface area contributed by atoms with E-state index in [-0.39, 0.29) is 37.2 Å². The molecular weight excluding hydrogens is 701 g/mol. The minimum atomic E-state index is -1.65. The van der Waals surface area contributed by atoms with Crippen molar-refractivity contribution in [2.45, 2.75) is 116 Å². The third-order valence-electron chi connectivity index (χ3n) is 15.1. The van der Waals surface area contributed by atoms with Crippen LogP contribution < -0.4 is 5.23 Å². The summed E-state index contributed by atoms with van der Waals surface area (Å²) < 4.78 is 12.3. The van der Waals surface area contributed by atoms with Gasteiger partial charge < -0.3 is 44.6 Å². The molecule has 11 atom stereocenters. The molecule has 302 valence electrons. The number of fused-ring (bicyclic) bond motifs is 5. The molecule has 5 aliphatic rings. The molecule has 3 saturated carbocycles. The van der Waals surface area contributed by atoms with Crippen molar-refractivity contribution in [3.8, 4) is 0 Å². The first-order valence-electron chi connectivity index (χ1n) is 20.3. The zero-order valence-corrected chi connectivity index (χ0v) is 33.8. The van der Waals surface area contributed by atoms with E-state index in [1.54, 1.807) is 38.1 Å². The summed E-state index contributed by atoms with van der Waals surface area (Å²) in [6, 6.07) is 8.00. The SMILES string of the molecule is CC1=C2[C@@H](O)C(=O)[C@@]3(C)[C@H]([C@H](C)[C@](O)(C[C@@H]1OC(=O)[C@H](OC(=O)CCCN1CCN(C)CC1)[C@@H](NBC=O)c1ccccc1)C2(C)C)[C@]1(C)CC[C@@H]1C[C@@H]3O. The van der Waals surface area contributed by atoms with Crippen molar-refractivity contribution in [1.29, 1.82) is 0 Å². The maximum absolute atomic E-state index is 14.6. The van der Waals surface area contributed by atoms with E-state index in [9.17, 15) is 34.5 Å². The van der Waals surface area contributed by atoms with Crippen LogP contribution in [0.25, 0.3) is 0 Å². The van der Waals surface area contributed by atoms with Gasteiger partial charge in [0.05, 0.1) is 29.3 Å². The van der Waals surface area contributed by atoms with E-state index in [4.69, 9.17) is 9.47 Å². The van der Waals surface area contributed by atoms with E-state index in [1.807, 2.05) is 26.8 Å². The highest BCUT2D eigenvalue weighted by atomic mass is 16.6. The van der Waals surface area contributed by atoms with Crippen LogP contribution in [0.3, 0.4) is 0 Å². The highest BCUT2D eigenvalue weighted by molar-refractivity contribution is 6.64. The summed E-state index contributed by atoms with van der Waals surface area (Å²) in [6.07, 6.45) is -1.74. The number of hydrogen-bond donors (Lipinski definition) is 4. The molecule has 1 heterocycles. The van der Waals surface area contributed by atoms with E-state index in [2.05, 4.69) is 29.0 Å². The summed E-state index contributed by atoms with van der Waals surface area (Å²) in [6.45, 7) is 15.6. The fraction of sp³-hybridized carbons (Fsp3) is 0.714. The van der Waals surface area contributed by atoms with Crippen LogP contribution in [-0.2, 0) is 28.7 Å². The fourth-order valence-corrected chi connectivity index (χ4v) is 11.6. The number of Topliss-reactive ketones (excluding diaryl/α,β-unsaturated/α-hetero) is 1. The number of esters is 2. The standard InChI is InChI=1S/C42H62BN3O9/c1-25-29(23-42(53)26(2)36-40(5)16-15-28(40)22-30(48)41(36,6)37(51)34(50)32(25)39(42,3)4)54-38(52)35(33(44-43-24-47)27-12-9-8-10-13-27)55-31(49)14-11-17-46-20-18-45(7)19-21-46/h8-10,12-13,24,26,28-30,33-36,43-44,48,50,53H,11,14-23H2,1-7H3/t26-,28+,29-,30-,33-,34+,35+,36+,40+,41+,42+/m0/s1. The minimum Gasteiger partial charge on any atom is -0.455 e. The van der Waals surface area contributed by atoms with Crippen molar-refractivity contribution in [1.82, 2.24) is 15.0 Å². The summed E-state index contributed by atoms with van der Waals surface area (Å²) in [5.41, 5.74) is -3.02. The Bertz CT molecular complexity index is 1650. The largest absolute Gasteiger partial charge is 0.455 e. The second-order valence-electron chi connectivity index (χ2n) is 18.2. The van der Waals surface area contributed by atoms with Gasteiger partial charge in [0.2, 0.25) is 6.10 Å². The number of nitrogens with zero attached hydrogens (tertiary/aromatic N) is 2. The number of nitrogens with one attached hydrogen (secondary N) is 1. The van der Waals surface area contributed by atoms with Crippen molar-refractivity contribution in [3.63, 3.8) is 0 Å². The predicted molar refractivity (Wildman–Crippen MR) is 208 cm³/mol. The molecule has 0 aromatic heterocycles. The molecule has 1 aliphatic heterocycles. The first-order valence-corrected chi connectivity index (χ1v) is 20.3. The normalized spacial score (nSPS) is 37.2. The Morgan fingerprint density at radius 3 is 2.38 bits per heavy atom. The van der Waals surface area contributed by atoms with Crippen molar-refractivity contribution < 1.29 is 44.0 Å². The molecule has 1 aromatic rings. The maximum atomic E-state index is 14.6. The number of carbonyl (C=O) groups is 4. The lowest BCUT2D eigenvalue weighted by molar-refractivity contribution is -0.246. The van der Waals surface area contributed by atoms with Crippen LogP contribution in [0, 0.1) is 34.0 Å². The molecule has 0 radical (unpaired) electrons. The Labute approximate surface area is 326 Å². The first-order chi connectivity index (χ1) is 25.9. The van der Waals surface area contributed by atoms with E-state index >= 15 is 0 Å². The van der Waals surface area contributed by atoms with Gasteiger partial charge in [0, 0.05) is 44.4 Å². The van der Waals surface area contributed by atoms with Crippen molar-refractivity contribution in [2.24, 2.45) is 34.0 Å². The third kappa shape index (κ3) is 7.16. The lowest BCUT2D eigenvalue weighted by Crippen LogP contribution is -2.72. The fourth-order valence-electron chi connectivity index (χ4n) is 11.6. The van der Waals surface area contributed by atoms with Crippen molar-refractivity contribution in [2.75, 3.05) is 39.8 Å². The molecule has 0 unspecified atom stereocenters. The molecule has 1 saturated heterocycles.